The molecule has 0 saturated carbocycles. The highest BCUT2D eigenvalue weighted by Crippen LogP contribution is 2.38. The molecule has 0 nitrogen and oxygen atoms in total. The zero-order chi connectivity index (χ0) is 11.4. The first-order valence-electron chi connectivity index (χ1n) is 5.22. The lowest BCUT2D eigenvalue weighted by Gasteiger charge is -2.24. The summed E-state index contributed by atoms with van der Waals surface area (Å²) >= 11 is 0. The van der Waals surface area contributed by atoms with Crippen molar-refractivity contribution in [3.63, 3.8) is 0 Å². The van der Waals surface area contributed by atoms with Gasteiger partial charge in [-0.15, -0.1) is 0 Å². The second kappa shape index (κ2) is 4.46. The molecular formula is C14H12F2. The Balaban J connectivity index is 2.42. The SMILES string of the molecule is FC(F)=C=CC1(c2ccccc2)CC=CC1. The molecule has 0 aromatic heterocycles. The Morgan fingerprint density at radius 2 is 1.75 bits per heavy atom. The molecule has 0 spiro atoms. The molecule has 0 heterocycles. The van der Waals surface area contributed by atoms with Gasteiger partial charge in [0.05, 0.1) is 0 Å². The van der Waals surface area contributed by atoms with Crippen LogP contribution in [0.15, 0.2) is 60.4 Å². The van der Waals surface area contributed by atoms with Gasteiger partial charge in [-0.2, -0.15) is 8.78 Å². The molecule has 2 heteroatoms. The molecule has 0 N–H and O–H groups in total. The Morgan fingerprint density at radius 1 is 1.12 bits per heavy atom. The third kappa shape index (κ3) is 2.12. The van der Waals surface area contributed by atoms with E-state index in [0.717, 1.165) is 18.4 Å². The minimum Gasteiger partial charge on any atom is -0.164 e. The van der Waals surface area contributed by atoms with Crippen molar-refractivity contribution >= 4 is 0 Å². The maximum atomic E-state index is 12.1. The van der Waals surface area contributed by atoms with E-state index >= 15 is 0 Å². The monoisotopic (exact) mass is 218 g/mol. The lowest BCUT2D eigenvalue weighted by molar-refractivity contribution is 0.422. The number of allylic oxidation sites excluding steroid dienone is 3. The van der Waals surface area contributed by atoms with Gasteiger partial charge in [-0.25, -0.2) is 0 Å². The second-order valence-electron chi connectivity index (χ2n) is 3.95. The third-order valence-corrected chi connectivity index (χ3v) is 2.94. The summed E-state index contributed by atoms with van der Waals surface area (Å²) in [5, 5.41) is 0. The van der Waals surface area contributed by atoms with Gasteiger partial charge in [0.15, 0.2) is 0 Å². The summed E-state index contributed by atoms with van der Waals surface area (Å²) in [5.74, 6) is 0. The smallest absolute Gasteiger partial charge is 0.164 e. The molecule has 0 unspecified atom stereocenters. The van der Waals surface area contributed by atoms with E-state index in [0.29, 0.717) is 0 Å². The zero-order valence-electron chi connectivity index (χ0n) is 8.79. The van der Waals surface area contributed by atoms with Crippen LogP contribution in [0.1, 0.15) is 18.4 Å². The summed E-state index contributed by atoms with van der Waals surface area (Å²) in [5.41, 5.74) is 2.78. The Hall–Kier alpha value is -1.66. The summed E-state index contributed by atoms with van der Waals surface area (Å²) in [6.45, 7) is 0. The van der Waals surface area contributed by atoms with Crippen LogP contribution in [0.3, 0.4) is 0 Å². The Kier molecular flexibility index (Phi) is 3.02. The van der Waals surface area contributed by atoms with E-state index in [2.05, 4.69) is 0 Å². The number of hydrogen-bond acceptors (Lipinski definition) is 0. The maximum Gasteiger partial charge on any atom is 0.312 e. The molecule has 1 aliphatic rings. The van der Waals surface area contributed by atoms with Gasteiger partial charge < -0.3 is 0 Å². The van der Waals surface area contributed by atoms with Crippen molar-refractivity contribution in [1.82, 2.24) is 0 Å². The molecule has 1 aromatic rings. The molecule has 0 saturated heterocycles. The number of benzene rings is 1. The highest BCUT2D eigenvalue weighted by Gasteiger charge is 2.30. The third-order valence-electron chi connectivity index (χ3n) is 2.94. The van der Waals surface area contributed by atoms with Crippen LogP contribution in [0, 0.1) is 0 Å². The minimum atomic E-state index is -1.76. The minimum absolute atomic E-state index is 0.329. The molecule has 0 bridgehead atoms. The molecule has 0 amide bonds. The van der Waals surface area contributed by atoms with Crippen LogP contribution >= 0.6 is 0 Å². The van der Waals surface area contributed by atoms with Gasteiger partial charge in [0.2, 0.25) is 0 Å². The molecule has 16 heavy (non-hydrogen) atoms. The van der Waals surface area contributed by atoms with E-state index in [1.165, 1.54) is 6.08 Å². The maximum absolute atomic E-state index is 12.1. The van der Waals surface area contributed by atoms with Gasteiger partial charge in [0.25, 0.3) is 0 Å². The van der Waals surface area contributed by atoms with Crippen LogP contribution in [0.2, 0.25) is 0 Å². The standard InChI is InChI=1S/C14H12F2/c15-13(16)8-11-14(9-4-5-10-14)12-6-2-1-3-7-12/h1-7,11H,9-10H2. The lowest BCUT2D eigenvalue weighted by atomic mass is 9.78. The fraction of sp³-hybridized carbons (Fsp3) is 0.214. The van der Waals surface area contributed by atoms with E-state index < -0.39 is 6.08 Å². The number of hydrogen-bond donors (Lipinski definition) is 0. The van der Waals surface area contributed by atoms with E-state index in [1.54, 1.807) is 0 Å². The zero-order valence-corrected chi connectivity index (χ0v) is 8.79. The van der Waals surface area contributed by atoms with E-state index in [9.17, 15) is 8.78 Å². The van der Waals surface area contributed by atoms with Gasteiger partial charge in [-0.3, -0.25) is 0 Å². The van der Waals surface area contributed by atoms with Crippen LogP contribution in [0.4, 0.5) is 8.78 Å². The number of halogens is 2. The quantitative estimate of drug-likeness (QED) is 0.515. The summed E-state index contributed by atoms with van der Waals surface area (Å²) in [7, 11) is 0. The molecule has 0 atom stereocenters. The first-order valence-corrected chi connectivity index (χ1v) is 5.22. The highest BCUT2D eigenvalue weighted by molar-refractivity contribution is 5.35. The van der Waals surface area contributed by atoms with Crippen LogP contribution < -0.4 is 0 Å². The topological polar surface area (TPSA) is 0 Å². The highest BCUT2D eigenvalue weighted by atomic mass is 19.3. The van der Waals surface area contributed by atoms with Crippen molar-refractivity contribution in [2.75, 3.05) is 0 Å². The van der Waals surface area contributed by atoms with Crippen LogP contribution in [0.25, 0.3) is 0 Å². The fourth-order valence-electron chi connectivity index (χ4n) is 2.07. The van der Waals surface area contributed by atoms with Crippen LogP contribution in [-0.2, 0) is 5.41 Å². The Labute approximate surface area is 93.6 Å². The van der Waals surface area contributed by atoms with Gasteiger partial charge in [0.1, 0.15) is 0 Å². The summed E-state index contributed by atoms with van der Waals surface area (Å²) in [6, 6.07) is 9.73. The van der Waals surface area contributed by atoms with Crippen molar-refractivity contribution in [2.24, 2.45) is 0 Å². The molecule has 1 aliphatic carbocycles. The van der Waals surface area contributed by atoms with Gasteiger partial charge in [0, 0.05) is 5.41 Å². The van der Waals surface area contributed by atoms with Crippen molar-refractivity contribution in [3.8, 4) is 0 Å². The molecule has 0 radical (unpaired) electrons. The predicted octanol–water partition coefficient (Wildman–Crippen LogP) is 4.21. The average Bonchev–Trinajstić information content (AvgIpc) is 2.78. The van der Waals surface area contributed by atoms with Crippen molar-refractivity contribution < 1.29 is 8.78 Å². The van der Waals surface area contributed by atoms with E-state index in [-0.39, 0.29) is 5.41 Å². The Bertz CT molecular complexity index is 439. The summed E-state index contributed by atoms with van der Waals surface area (Å²) in [4.78, 5) is 0. The normalized spacial score (nSPS) is 16.9. The Morgan fingerprint density at radius 3 is 2.31 bits per heavy atom. The lowest BCUT2D eigenvalue weighted by Crippen LogP contribution is -2.18. The largest absolute Gasteiger partial charge is 0.312 e. The van der Waals surface area contributed by atoms with Crippen molar-refractivity contribution in [1.29, 1.82) is 0 Å². The second-order valence-corrected chi connectivity index (χ2v) is 3.95. The van der Waals surface area contributed by atoms with Crippen LogP contribution in [0.5, 0.6) is 0 Å². The first-order chi connectivity index (χ1) is 7.73. The predicted molar refractivity (Wildman–Crippen MR) is 60.3 cm³/mol. The molecular weight excluding hydrogens is 206 g/mol. The van der Waals surface area contributed by atoms with Crippen LogP contribution in [-0.4, -0.2) is 0 Å². The van der Waals surface area contributed by atoms with Crippen molar-refractivity contribution in [3.05, 3.63) is 65.9 Å². The summed E-state index contributed by atoms with van der Waals surface area (Å²) in [6.07, 6.45) is 5.32. The average molecular weight is 218 g/mol. The molecule has 82 valence electrons. The van der Waals surface area contributed by atoms with Crippen molar-refractivity contribution in [2.45, 2.75) is 18.3 Å². The molecule has 0 aliphatic heterocycles. The van der Waals surface area contributed by atoms with Gasteiger partial charge in [-0.05, 0) is 24.5 Å². The molecule has 0 fully saturated rings. The van der Waals surface area contributed by atoms with Gasteiger partial charge >= 0.3 is 6.08 Å². The molecule has 1 aromatic carbocycles. The van der Waals surface area contributed by atoms with E-state index in [4.69, 9.17) is 0 Å². The fourth-order valence-corrected chi connectivity index (χ4v) is 2.07. The molecule has 2 rings (SSSR count). The van der Waals surface area contributed by atoms with E-state index in [1.807, 2.05) is 48.2 Å². The first kappa shape index (κ1) is 10.8. The summed E-state index contributed by atoms with van der Waals surface area (Å²) < 4.78 is 24.3. The number of rotatable bonds is 2. The van der Waals surface area contributed by atoms with Gasteiger partial charge in [-0.1, -0.05) is 48.2 Å².